The zero-order valence-electron chi connectivity index (χ0n) is 16.9. The van der Waals surface area contributed by atoms with Gasteiger partial charge in [0.25, 0.3) is 5.91 Å². The fourth-order valence-corrected chi connectivity index (χ4v) is 3.17. The molecule has 0 radical (unpaired) electrons. The Morgan fingerprint density at radius 3 is 2.63 bits per heavy atom. The maximum absolute atomic E-state index is 12.9. The molecular weight excluding hydrogens is 378 g/mol. The molecular formula is C23H21N5O2. The van der Waals surface area contributed by atoms with E-state index >= 15 is 0 Å². The second kappa shape index (κ2) is 8.16. The van der Waals surface area contributed by atoms with E-state index in [1.54, 1.807) is 19.4 Å². The lowest BCUT2D eigenvalue weighted by Gasteiger charge is -2.12. The number of nitrogens with zero attached hydrogens (tertiary/aromatic N) is 3. The summed E-state index contributed by atoms with van der Waals surface area (Å²) in [6.45, 7) is 3.77. The lowest BCUT2D eigenvalue weighted by atomic mass is 10.2. The van der Waals surface area contributed by atoms with Gasteiger partial charge in [-0.15, -0.1) is 0 Å². The summed E-state index contributed by atoms with van der Waals surface area (Å²) in [5.41, 5.74) is 4.09. The number of aromatic nitrogens is 3. The van der Waals surface area contributed by atoms with Gasteiger partial charge < -0.3 is 15.4 Å². The third-order valence-electron chi connectivity index (χ3n) is 4.57. The Balaban J connectivity index is 1.63. The molecule has 0 spiro atoms. The minimum absolute atomic E-state index is 0.252. The van der Waals surface area contributed by atoms with Gasteiger partial charge in [-0.05, 0) is 49.7 Å². The largest absolute Gasteiger partial charge is 0.495 e. The average Bonchev–Trinajstić information content (AvgIpc) is 2.74. The van der Waals surface area contributed by atoms with Crippen LogP contribution in [0.5, 0.6) is 5.75 Å². The Kier molecular flexibility index (Phi) is 5.26. The number of pyridine rings is 1. The number of para-hydroxylation sites is 1. The number of amides is 1. The van der Waals surface area contributed by atoms with Crippen LogP contribution in [0.1, 0.15) is 21.7 Å². The third kappa shape index (κ3) is 4.05. The molecule has 2 aromatic carbocycles. The van der Waals surface area contributed by atoms with E-state index < -0.39 is 0 Å². The lowest BCUT2D eigenvalue weighted by Crippen LogP contribution is -2.16. The van der Waals surface area contributed by atoms with Gasteiger partial charge in [-0.3, -0.25) is 9.78 Å². The van der Waals surface area contributed by atoms with Gasteiger partial charge in [0.15, 0.2) is 0 Å². The molecule has 7 nitrogen and oxygen atoms in total. The summed E-state index contributed by atoms with van der Waals surface area (Å²) in [6.07, 6.45) is 1.73. The van der Waals surface area contributed by atoms with Crippen molar-refractivity contribution in [3.05, 3.63) is 77.7 Å². The summed E-state index contributed by atoms with van der Waals surface area (Å²) in [4.78, 5) is 26.1. The molecule has 0 aliphatic rings. The topological polar surface area (TPSA) is 89.0 Å². The SMILES string of the molecule is COc1ccc(C)cc1NC(=O)c1cc(C)nc(Nc2cccc3cccnc23)n1. The number of hydrogen-bond acceptors (Lipinski definition) is 6. The maximum atomic E-state index is 12.9. The van der Waals surface area contributed by atoms with Crippen LogP contribution in [0.2, 0.25) is 0 Å². The molecule has 0 aliphatic heterocycles. The van der Waals surface area contributed by atoms with Gasteiger partial charge in [0, 0.05) is 17.3 Å². The Bertz CT molecular complexity index is 1230. The van der Waals surface area contributed by atoms with Crippen molar-refractivity contribution in [2.45, 2.75) is 13.8 Å². The van der Waals surface area contributed by atoms with Crippen molar-refractivity contribution in [2.75, 3.05) is 17.7 Å². The zero-order chi connectivity index (χ0) is 21.1. The monoisotopic (exact) mass is 399 g/mol. The normalized spacial score (nSPS) is 10.6. The van der Waals surface area contributed by atoms with E-state index in [9.17, 15) is 4.79 Å². The maximum Gasteiger partial charge on any atom is 0.274 e. The molecule has 0 bridgehead atoms. The fraction of sp³-hybridized carbons (Fsp3) is 0.130. The van der Waals surface area contributed by atoms with Crippen LogP contribution < -0.4 is 15.4 Å². The average molecular weight is 399 g/mol. The molecule has 0 aliphatic carbocycles. The van der Waals surface area contributed by atoms with Crippen molar-refractivity contribution >= 4 is 34.1 Å². The van der Waals surface area contributed by atoms with Crippen molar-refractivity contribution in [1.29, 1.82) is 0 Å². The Morgan fingerprint density at radius 1 is 0.967 bits per heavy atom. The number of ether oxygens (including phenoxy) is 1. The number of fused-ring (bicyclic) bond motifs is 1. The minimum Gasteiger partial charge on any atom is -0.495 e. The molecule has 30 heavy (non-hydrogen) atoms. The molecule has 4 aromatic rings. The van der Waals surface area contributed by atoms with E-state index in [0.717, 1.165) is 22.2 Å². The van der Waals surface area contributed by atoms with E-state index in [4.69, 9.17) is 4.74 Å². The van der Waals surface area contributed by atoms with E-state index in [1.165, 1.54) is 0 Å². The predicted molar refractivity (Wildman–Crippen MR) is 117 cm³/mol. The molecule has 7 heteroatoms. The van der Waals surface area contributed by atoms with Crippen LogP contribution in [-0.4, -0.2) is 28.0 Å². The number of aryl methyl sites for hydroxylation is 2. The highest BCUT2D eigenvalue weighted by atomic mass is 16.5. The summed E-state index contributed by atoms with van der Waals surface area (Å²) in [5, 5.41) is 7.06. The van der Waals surface area contributed by atoms with Crippen LogP contribution >= 0.6 is 0 Å². The van der Waals surface area contributed by atoms with Gasteiger partial charge in [-0.1, -0.05) is 24.3 Å². The number of nitrogens with one attached hydrogen (secondary N) is 2. The summed E-state index contributed by atoms with van der Waals surface area (Å²) in [6, 6.07) is 16.9. The first-order valence-corrected chi connectivity index (χ1v) is 9.46. The first kappa shape index (κ1) is 19.3. The van der Waals surface area contributed by atoms with E-state index in [-0.39, 0.29) is 11.6 Å². The summed E-state index contributed by atoms with van der Waals surface area (Å²) >= 11 is 0. The minimum atomic E-state index is -0.344. The Hall–Kier alpha value is -4.00. The van der Waals surface area contributed by atoms with Crippen LogP contribution in [0, 0.1) is 13.8 Å². The highest BCUT2D eigenvalue weighted by Crippen LogP contribution is 2.26. The molecule has 2 aromatic heterocycles. The van der Waals surface area contributed by atoms with Crippen LogP contribution in [0.4, 0.5) is 17.3 Å². The quantitative estimate of drug-likeness (QED) is 0.508. The van der Waals surface area contributed by atoms with Gasteiger partial charge in [0.2, 0.25) is 5.95 Å². The first-order chi connectivity index (χ1) is 14.5. The van der Waals surface area contributed by atoms with Crippen molar-refractivity contribution in [2.24, 2.45) is 0 Å². The van der Waals surface area contributed by atoms with Gasteiger partial charge in [-0.2, -0.15) is 0 Å². The van der Waals surface area contributed by atoms with E-state index in [2.05, 4.69) is 25.6 Å². The van der Waals surface area contributed by atoms with Crippen LogP contribution in [0.15, 0.2) is 60.8 Å². The summed E-state index contributed by atoms with van der Waals surface area (Å²) < 4.78 is 5.34. The summed E-state index contributed by atoms with van der Waals surface area (Å²) in [7, 11) is 1.56. The number of anilines is 3. The Labute approximate surface area is 174 Å². The second-order valence-electron chi connectivity index (χ2n) is 6.88. The van der Waals surface area contributed by atoms with Crippen LogP contribution in [-0.2, 0) is 0 Å². The smallest absolute Gasteiger partial charge is 0.274 e. The molecule has 2 N–H and O–H groups in total. The van der Waals surface area contributed by atoms with Crippen molar-refractivity contribution < 1.29 is 9.53 Å². The van der Waals surface area contributed by atoms with Gasteiger partial charge in [0.05, 0.1) is 24.0 Å². The molecule has 0 atom stereocenters. The number of benzene rings is 2. The standard InChI is InChI=1S/C23H21N5O2/c1-14-9-10-20(30-3)18(12-14)26-22(29)19-13-15(2)25-23(28-19)27-17-8-4-6-16-7-5-11-24-21(16)17/h4-13H,1-3H3,(H,26,29)(H,25,27,28). The second-order valence-corrected chi connectivity index (χ2v) is 6.88. The van der Waals surface area contributed by atoms with Crippen LogP contribution in [0.25, 0.3) is 10.9 Å². The number of rotatable bonds is 5. The van der Waals surface area contributed by atoms with Crippen molar-refractivity contribution in [3.8, 4) is 5.75 Å². The first-order valence-electron chi connectivity index (χ1n) is 9.46. The van der Waals surface area contributed by atoms with Gasteiger partial charge in [0.1, 0.15) is 11.4 Å². The number of hydrogen-bond donors (Lipinski definition) is 2. The third-order valence-corrected chi connectivity index (χ3v) is 4.57. The molecule has 0 unspecified atom stereocenters. The number of carbonyl (C=O) groups is 1. The predicted octanol–water partition coefficient (Wildman–Crippen LogP) is 4.65. The van der Waals surface area contributed by atoms with Gasteiger partial charge >= 0.3 is 0 Å². The zero-order valence-corrected chi connectivity index (χ0v) is 16.9. The molecule has 0 saturated carbocycles. The number of carbonyl (C=O) groups excluding carboxylic acids is 1. The van der Waals surface area contributed by atoms with Gasteiger partial charge in [-0.25, -0.2) is 9.97 Å². The van der Waals surface area contributed by atoms with E-state index in [1.807, 2.05) is 62.4 Å². The molecule has 0 saturated heterocycles. The lowest BCUT2D eigenvalue weighted by molar-refractivity contribution is 0.102. The molecule has 2 heterocycles. The molecule has 1 amide bonds. The van der Waals surface area contributed by atoms with E-state index in [0.29, 0.717) is 23.1 Å². The van der Waals surface area contributed by atoms with Crippen molar-refractivity contribution in [3.63, 3.8) is 0 Å². The molecule has 0 fully saturated rings. The molecule has 150 valence electrons. The highest BCUT2D eigenvalue weighted by molar-refractivity contribution is 6.04. The number of methoxy groups -OCH3 is 1. The highest BCUT2D eigenvalue weighted by Gasteiger charge is 2.14. The summed E-state index contributed by atoms with van der Waals surface area (Å²) in [5.74, 6) is 0.568. The van der Waals surface area contributed by atoms with Crippen molar-refractivity contribution in [1.82, 2.24) is 15.0 Å². The molecule has 4 rings (SSSR count). The fourth-order valence-electron chi connectivity index (χ4n) is 3.17. The Morgan fingerprint density at radius 2 is 1.80 bits per heavy atom. The van der Waals surface area contributed by atoms with Crippen LogP contribution in [0.3, 0.4) is 0 Å².